The van der Waals surface area contributed by atoms with E-state index in [1.807, 2.05) is 0 Å². The monoisotopic (exact) mass is 448 g/mol. The van der Waals surface area contributed by atoms with Crippen LogP contribution < -0.4 is 0 Å². The van der Waals surface area contributed by atoms with Gasteiger partial charge in [-0.2, -0.15) is 0 Å². The van der Waals surface area contributed by atoms with Crippen molar-refractivity contribution in [2.75, 3.05) is 6.79 Å². The van der Waals surface area contributed by atoms with Crippen molar-refractivity contribution in [1.82, 2.24) is 0 Å². The van der Waals surface area contributed by atoms with E-state index >= 15 is 0 Å². The van der Waals surface area contributed by atoms with E-state index in [4.69, 9.17) is 14.2 Å². The summed E-state index contributed by atoms with van der Waals surface area (Å²) in [6, 6.07) is 0. The van der Waals surface area contributed by atoms with Gasteiger partial charge >= 0.3 is 11.9 Å². The average Bonchev–Trinajstić information content (AvgIpc) is 3.27. The molecule has 32 heavy (non-hydrogen) atoms. The van der Waals surface area contributed by atoms with Crippen LogP contribution in [0.1, 0.15) is 92.4 Å². The number of carbonyl (C=O) groups is 2. The van der Waals surface area contributed by atoms with Crippen LogP contribution in [0.25, 0.3) is 0 Å². The minimum atomic E-state index is -0.160. The molecular weight excluding hydrogens is 404 g/mol. The van der Waals surface area contributed by atoms with Gasteiger partial charge in [-0.05, 0) is 67.1 Å². The van der Waals surface area contributed by atoms with Gasteiger partial charge in [-0.15, -0.1) is 0 Å². The highest BCUT2D eigenvalue weighted by Gasteiger charge is 2.55. The SMILES string of the molecule is CC(CC(=O)OC1C(C)C2CC(C(=O)OCOC3CCCCC4CC43)C1C2)CC(C)(C)C. The number of fused-ring (bicyclic) bond motifs is 3. The van der Waals surface area contributed by atoms with E-state index < -0.39 is 0 Å². The number of rotatable bonds is 8. The second-order valence-electron chi connectivity index (χ2n) is 12.6. The van der Waals surface area contributed by atoms with E-state index in [0.29, 0.717) is 30.1 Å². The average molecular weight is 449 g/mol. The molecule has 0 aromatic rings. The molecule has 2 bridgehead atoms. The summed E-state index contributed by atoms with van der Waals surface area (Å²) >= 11 is 0. The first-order valence-electron chi connectivity index (χ1n) is 13.1. The summed E-state index contributed by atoms with van der Waals surface area (Å²) in [5, 5.41) is 0. The zero-order valence-electron chi connectivity index (χ0n) is 20.8. The van der Waals surface area contributed by atoms with Crippen LogP contribution in [0.5, 0.6) is 0 Å². The Labute approximate surface area is 194 Å². The predicted octanol–water partition coefficient (Wildman–Crippen LogP) is 5.75. The largest absolute Gasteiger partial charge is 0.462 e. The highest BCUT2D eigenvalue weighted by atomic mass is 16.7. The van der Waals surface area contributed by atoms with E-state index in [1.165, 1.54) is 25.7 Å². The molecular formula is C27H44O5. The Morgan fingerprint density at radius 2 is 1.72 bits per heavy atom. The molecule has 0 aromatic carbocycles. The first kappa shape index (κ1) is 24.0. The van der Waals surface area contributed by atoms with Gasteiger partial charge in [0.1, 0.15) is 6.10 Å². The van der Waals surface area contributed by atoms with Gasteiger partial charge in [0.15, 0.2) is 6.79 Å². The van der Waals surface area contributed by atoms with E-state index in [2.05, 4.69) is 34.6 Å². The quantitative estimate of drug-likeness (QED) is 0.349. The van der Waals surface area contributed by atoms with Crippen LogP contribution in [-0.4, -0.2) is 30.9 Å². The van der Waals surface area contributed by atoms with Gasteiger partial charge < -0.3 is 14.2 Å². The maximum atomic E-state index is 12.9. The van der Waals surface area contributed by atoms with E-state index in [0.717, 1.165) is 31.6 Å². The number of hydrogen-bond acceptors (Lipinski definition) is 5. The third-order valence-corrected chi connectivity index (χ3v) is 8.63. The Kier molecular flexibility index (Phi) is 7.24. The van der Waals surface area contributed by atoms with Crippen molar-refractivity contribution in [3.63, 3.8) is 0 Å². The smallest absolute Gasteiger partial charge is 0.311 e. The molecule has 182 valence electrons. The highest BCUT2D eigenvalue weighted by Crippen LogP contribution is 2.53. The third-order valence-electron chi connectivity index (χ3n) is 8.63. The molecule has 0 heterocycles. The lowest BCUT2D eigenvalue weighted by atomic mass is 9.80. The van der Waals surface area contributed by atoms with Gasteiger partial charge in [-0.25, -0.2) is 0 Å². The molecule has 9 atom stereocenters. The molecule has 0 spiro atoms. The molecule has 0 aromatic heterocycles. The number of carbonyl (C=O) groups excluding carboxylic acids is 2. The molecule has 4 rings (SSSR count). The molecule has 5 nitrogen and oxygen atoms in total. The fraction of sp³-hybridized carbons (Fsp3) is 0.926. The minimum absolute atomic E-state index is 0.0743. The third kappa shape index (κ3) is 5.69. The molecule has 4 fully saturated rings. The summed E-state index contributed by atoms with van der Waals surface area (Å²) in [6.07, 6.45) is 9.60. The molecule has 0 amide bonds. The Hall–Kier alpha value is -1.10. The Morgan fingerprint density at radius 1 is 1.00 bits per heavy atom. The van der Waals surface area contributed by atoms with Crippen molar-refractivity contribution in [2.24, 2.45) is 46.8 Å². The van der Waals surface area contributed by atoms with Crippen LogP contribution in [0.15, 0.2) is 0 Å². The topological polar surface area (TPSA) is 61.8 Å². The number of ether oxygens (including phenoxy) is 3. The molecule has 0 N–H and O–H groups in total. The lowest BCUT2D eigenvalue weighted by molar-refractivity contribution is -0.175. The molecule has 0 saturated heterocycles. The predicted molar refractivity (Wildman–Crippen MR) is 122 cm³/mol. The normalized spacial score (nSPS) is 39.2. The first-order chi connectivity index (χ1) is 15.1. The van der Waals surface area contributed by atoms with Crippen molar-refractivity contribution in [1.29, 1.82) is 0 Å². The standard InChI is InChI=1S/C27H44O5/c1-16(14-27(3,4)5)10-24(28)32-25-17(2)19-12-21(25)22(13-19)26(29)31-15-30-23-9-7-6-8-18-11-20(18)23/h16-23,25H,6-15H2,1-5H3. The van der Waals surface area contributed by atoms with Crippen LogP contribution in [0, 0.1) is 46.8 Å². The van der Waals surface area contributed by atoms with Crippen molar-refractivity contribution >= 4 is 11.9 Å². The van der Waals surface area contributed by atoms with Crippen LogP contribution in [0.4, 0.5) is 0 Å². The Balaban J connectivity index is 1.24. The van der Waals surface area contributed by atoms with Crippen molar-refractivity contribution in [2.45, 2.75) is 105 Å². The second kappa shape index (κ2) is 9.64. The molecule has 9 unspecified atom stereocenters. The van der Waals surface area contributed by atoms with Gasteiger partial charge in [-0.3, -0.25) is 9.59 Å². The fourth-order valence-corrected chi connectivity index (χ4v) is 7.15. The molecule has 0 aliphatic heterocycles. The first-order valence-corrected chi connectivity index (χ1v) is 13.1. The number of hydrogen-bond donors (Lipinski definition) is 0. The van der Waals surface area contributed by atoms with Crippen LogP contribution >= 0.6 is 0 Å². The van der Waals surface area contributed by atoms with Gasteiger partial charge in [0.25, 0.3) is 0 Å². The molecule has 4 aliphatic carbocycles. The van der Waals surface area contributed by atoms with Crippen LogP contribution in [-0.2, 0) is 23.8 Å². The van der Waals surface area contributed by atoms with Crippen molar-refractivity contribution in [3.8, 4) is 0 Å². The second-order valence-corrected chi connectivity index (χ2v) is 12.6. The lowest BCUT2D eigenvalue weighted by Gasteiger charge is -2.33. The summed E-state index contributed by atoms with van der Waals surface area (Å²) in [7, 11) is 0. The van der Waals surface area contributed by atoms with Crippen molar-refractivity contribution in [3.05, 3.63) is 0 Å². The molecule has 4 saturated carbocycles. The molecule has 0 radical (unpaired) electrons. The summed E-state index contributed by atoms with van der Waals surface area (Å²) in [4.78, 5) is 25.5. The van der Waals surface area contributed by atoms with Gasteiger partial charge in [-0.1, -0.05) is 53.9 Å². The fourth-order valence-electron chi connectivity index (χ4n) is 7.15. The van der Waals surface area contributed by atoms with Crippen LogP contribution in [0.2, 0.25) is 0 Å². The highest BCUT2D eigenvalue weighted by molar-refractivity contribution is 5.74. The van der Waals surface area contributed by atoms with Gasteiger partial charge in [0.2, 0.25) is 0 Å². The lowest BCUT2D eigenvalue weighted by Crippen LogP contribution is -2.39. The summed E-state index contributed by atoms with van der Waals surface area (Å²) in [5.41, 5.74) is 0.202. The zero-order chi connectivity index (χ0) is 23.0. The Bertz CT molecular complexity index is 682. The van der Waals surface area contributed by atoms with E-state index in [1.54, 1.807) is 0 Å². The summed E-state index contributed by atoms with van der Waals surface area (Å²) in [6.45, 7) is 11.0. The molecule has 4 aliphatic rings. The van der Waals surface area contributed by atoms with E-state index in [9.17, 15) is 9.59 Å². The minimum Gasteiger partial charge on any atom is -0.462 e. The maximum absolute atomic E-state index is 12.9. The Morgan fingerprint density at radius 3 is 2.44 bits per heavy atom. The zero-order valence-corrected chi connectivity index (χ0v) is 20.8. The molecule has 5 heteroatoms. The van der Waals surface area contributed by atoms with Crippen LogP contribution in [0.3, 0.4) is 0 Å². The van der Waals surface area contributed by atoms with Gasteiger partial charge in [0.05, 0.1) is 12.0 Å². The summed E-state index contributed by atoms with van der Waals surface area (Å²) < 4.78 is 17.6. The number of esters is 2. The maximum Gasteiger partial charge on any atom is 0.311 e. The van der Waals surface area contributed by atoms with Crippen molar-refractivity contribution < 1.29 is 23.8 Å². The van der Waals surface area contributed by atoms with Gasteiger partial charge in [0, 0.05) is 12.3 Å². The van der Waals surface area contributed by atoms with E-state index in [-0.39, 0.29) is 48.2 Å². The summed E-state index contributed by atoms with van der Waals surface area (Å²) in [5.74, 6) is 2.24.